The molecule has 0 radical (unpaired) electrons. The Morgan fingerprint density at radius 1 is 1.03 bits per heavy atom. The summed E-state index contributed by atoms with van der Waals surface area (Å²) in [6.07, 6.45) is 9.08. The van der Waals surface area contributed by atoms with Gasteiger partial charge in [-0.2, -0.15) is 0 Å². The molecule has 0 saturated heterocycles. The fraction of sp³-hybridized carbons (Fsp3) is 0.344. The van der Waals surface area contributed by atoms with Crippen molar-refractivity contribution in [2.75, 3.05) is 12.3 Å². The van der Waals surface area contributed by atoms with Gasteiger partial charge in [0.1, 0.15) is 5.84 Å². The topological polar surface area (TPSA) is 83.1 Å². The molecule has 1 aromatic heterocycles. The lowest BCUT2D eigenvalue weighted by Crippen LogP contribution is -2.35. The number of allylic oxidation sites excluding steroid dienone is 1. The molecule has 0 aliphatic rings. The zero-order chi connectivity index (χ0) is 26.8. The van der Waals surface area contributed by atoms with E-state index in [1.165, 1.54) is 16.7 Å². The SMILES string of the molecule is CCN(C(=N)CCCc1cccc(-c2ccc(N)cn2)c1)C(=O)/C=C/CCc1ccc(C(C)(C)C)cc1. The number of benzene rings is 2. The highest BCUT2D eigenvalue weighted by molar-refractivity contribution is 6.01. The number of carbonyl (C=O) groups is 1. The molecule has 3 N–H and O–H groups in total. The smallest absolute Gasteiger partial charge is 0.251 e. The molecule has 3 rings (SSSR count). The number of aryl methyl sites for hydroxylation is 2. The maximum absolute atomic E-state index is 12.7. The van der Waals surface area contributed by atoms with Crippen LogP contribution < -0.4 is 5.73 Å². The van der Waals surface area contributed by atoms with Crippen LogP contribution >= 0.6 is 0 Å². The number of amidine groups is 1. The molecule has 5 heteroatoms. The Morgan fingerprint density at radius 3 is 2.43 bits per heavy atom. The van der Waals surface area contributed by atoms with E-state index in [-0.39, 0.29) is 11.3 Å². The second-order valence-electron chi connectivity index (χ2n) is 10.4. The van der Waals surface area contributed by atoms with E-state index < -0.39 is 0 Å². The van der Waals surface area contributed by atoms with Gasteiger partial charge in [0.05, 0.1) is 17.6 Å². The molecular formula is C32H40N4O. The first-order chi connectivity index (χ1) is 17.7. The summed E-state index contributed by atoms with van der Waals surface area (Å²) in [5, 5.41) is 8.47. The summed E-state index contributed by atoms with van der Waals surface area (Å²) < 4.78 is 0. The number of hydrogen-bond donors (Lipinski definition) is 2. The largest absolute Gasteiger partial charge is 0.397 e. The number of anilines is 1. The van der Waals surface area contributed by atoms with Crippen molar-refractivity contribution in [2.24, 2.45) is 0 Å². The monoisotopic (exact) mass is 496 g/mol. The summed E-state index contributed by atoms with van der Waals surface area (Å²) in [4.78, 5) is 18.7. The van der Waals surface area contributed by atoms with E-state index in [1.807, 2.05) is 37.3 Å². The van der Waals surface area contributed by atoms with E-state index in [2.05, 4.69) is 62.2 Å². The van der Waals surface area contributed by atoms with Crippen molar-refractivity contribution >= 4 is 17.4 Å². The van der Waals surface area contributed by atoms with Crippen LogP contribution in [0, 0.1) is 5.41 Å². The Bertz CT molecular complexity index is 1200. The predicted octanol–water partition coefficient (Wildman–Crippen LogP) is 6.97. The lowest BCUT2D eigenvalue weighted by molar-refractivity contribution is -0.122. The number of amides is 1. The third-order valence-corrected chi connectivity index (χ3v) is 6.48. The van der Waals surface area contributed by atoms with E-state index >= 15 is 0 Å². The molecule has 3 aromatic rings. The Morgan fingerprint density at radius 2 is 1.78 bits per heavy atom. The van der Waals surface area contributed by atoms with Crippen LogP contribution in [0.2, 0.25) is 0 Å². The maximum atomic E-state index is 12.7. The summed E-state index contributed by atoms with van der Waals surface area (Å²) >= 11 is 0. The number of hydrogen-bond acceptors (Lipinski definition) is 4. The first-order valence-electron chi connectivity index (χ1n) is 13.1. The van der Waals surface area contributed by atoms with Gasteiger partial charge >= 0.3 is 0 Å². The van der Waals surface area contributed by atoms with Crippen LogP contribution in [0.15, 0.2) is 79.0 Å². The van der Waals surface area contributed by atoms with E-state index in [0.29, 0.717) is 24.5 Å². The third kappa shape index (κ3) is 8.42. The van der Waals surface area contributed by atoms with Gasteiger partial charge in [-0.1, -0.05) is 69.3 Å². The van der Waals surface area contributed by atoms with Crippen molar-refractivity contribution in [2.45, 2.75) is 65.2 Å². The first-order valence-corrected chi connectivity index (χ1v) is 13.1. The van der Waals surface area contributed by atoms with Gasteiger partial charge in [-0.05, 0) is 79.0 Å². The van der Waals surface area contributed by atoms with Crippen molar-refractivity contribution < 1.29 is 4.79 Å². The number of nitrogens with two attached hydrogens (primary N) is 1. The maximum Gasteiger partial charge on any atom is 0.251 e. The lowest BCUT2D eigenvalue weighted by Gasteiger charge is -2.20. The molecule has 0 atom stereocenters. The van der Waals surface area contributed by atoms with Crippen molar-refractivity contribution in [3.05, 3.63) is 95.7 Å². The second-order valence-corrected chi connectivity index (χ2v) is 10.4. The molecular weight excluding hydrogens is 456 g/mol. The molecule has 0 fully saturated rings. The molecule has 37 heavy (non-hydrogen) atoms. The minimum atomic E-state index is -0.119. The van der Waals surface area contributed by atoms with Gasteiger partial charge < -0.3 is 5.73 Å². The van der Waals surface area contributed by atoms with Gasteiger partial charge in [0.2, 0.25) is 0 Å². The van der Waals surface area contributed by atoms with Crippen LogP contribution in [-0.2, 0) is 23.1 Å². The average molecular weight is 497 g/mol. The van der Waals surface area contributed by atoms with Crippen LogP contribution in [-0.4, -0.2) is 28.2 Å². The Kier molecular flexibility index (Phi) is 9.78. The van der Waals surface area contributed by atoms with Crippen LogP contribution in [0.4, 0.5) is 5.69 Å². The summed E-state index contributed by atoms with van der Waals surface area (Å²) in [6, 6.07) is 20.8. The number of likely N-dealkylation sites (N-methyl/N-ethyl adjacent to an activating group) is 1. The third-order valence-electron chi connectivity index (χ3n) is 6.48. The summed E-state index contributed by atoms with van der Waals surface area (Å²) in [6.45, 7) is 9.05. The quantitative estimate of drug-likeness (QED) is 0.181. The van der Waals surface area contributed by atoms with Crippen molar-refractivity contribution in [3.8, 4) is 11.3 Å². The minimum Gasteiger partial charge on any atom is -0.397 e. The number of aromatic nitrogens is 1. The van der Waals surface area contributed by atoms with Gasteiger partial charge in [-0.3, -0.25) is 20.1 Å². The zero-order valence-corrected chi connectivity index (χ0v) is 22.6. The van der Waals surface area contributed by atoms with Crippen LogP contribution in [0.5, 0.6) is 0 Å². The summed E-state index contributed by atoms with van der Waals surface area (Å²) in [5.41, 5.74) is 12.3. The predicted molar refractivity (Wildman–Crippen MR) is 155 cm³/mol. The van der Waals surface area contributed by atoms with Gasteiger partial charge in [0.25, 0.3) is 5.91 Å². The molecule has 0 aliphatic heterocycles. The number of nitrogen functional groups attached to an aromatic ring is 1. The Hall–Kier alpha value is -3.73. The molecule has 2 aromatic carbocycles. The van der Waals surface area contributed by atoms with Crippen LogP contribution in [0.1, 0.15) is 63.6 Å². The van der Waals surface area contributed by atoms with Gasteiger partial charge in [-0.25, -0.2) is 0 Å². The fourth-order valence-corrected chi connectivity index (χ4v) is 4.23. The zero-order valence-electron chi connectivity index (χ0n) is 22.6. The second kappa shape index (κ2) is 13.0. The standard InChI is InChI=1S/C32H40N4O/c1-5-36(31(37)15-7-6-10-24-16-18-27(19-17-24)32(2,3)4)30(34)14-9-12-25-11-8-13-26(22-25)29-21-20-28(33)23-35-29/h7-8,11,13,15-23,34H,5-6,9-10,12,14,33H2,1-4H3/b15-7+,34-30?. The lowest BCUT2D eigenvalue weighted by atomic mass is 9.86. The molecule has 0 saturated carbocycles. The molecule has 0 aliphatic carbocycles. The highest BCUT2D eigenvalue weighted by Gasteiger charge is 2.14. The average Bonchev–Trinajstić information content (AvgIpc) is 2.87. The Balaban J connectivity index is 1.46. The molecule has 0 bridgehead atoms. The number of carbonyl (C=O) groups excluding carboxylic acids is 1. The minimum absolute atomic E-state index is 0.119. The van der Waals surface area contributed by atoms with E-state index in [1.54, 1.807) is 17.2 Å². The Labute approximate surface area is 221 Å². The van der Waals surface area contributed by atoms with Gasteiger partial charge in [-0.15, -0.1) is 0 Å². The van der Waals surface area contributed by atoms with Crippen LogP contribution in [0.3, 0.4) is 0 Å². The molecule has 0 unspecified atom stereocenters. The molecule has 194 valence electrons. The molecule has 5 nitrogen and oxygen atoms in total. The van der Waals surface area contributed by atoms with E-state index in [9.17, 15) is 4.79 Å². The summed E-state index contributed by atoms with van der Waals surface area (Å²) in [5.74, 6) is 0.248. The number of nitrogens with one attached hydrogen (secondary N) is 1. The molecule has 0 spiro atoms. The molecule has 1 amide bonds. The van der Waals surface area contributed by atoms with E-state index in [4.69, 9.17) is 11.1 Å². The fourth-order valence-electron chi connectivity index (χ4n) is 4.23. The van der Waals surface area contributed by atoms with Crippen molar-refractivity contribution in [3.63, 3.8) is 0 Å². The number of rotatable bonds is 10. The van der Waals surface area contributed by atoms with Gasteiger partial charge in [0, 0.05) is 18.5 Å². The number of nitrogens with zero attached hydrogens (tertiary/aromatic N) is 2. The first kappa shape index (κ1) is 27.9. The van der Waals surface area contributed by atoms with Crippen molar-refractivity contribution in [1.82, 2.24) is 9.88 Å². The number of pyridine rings is 1. The summed E-state index contributed by atoms with van der Waals surface area (Å²) in [7, 11) is 0. The highest BCUT2D eigenvalue weighted by atomic mass is 16.2. The highest BCUT2D eigenvalue weighted by Crippen LogP contribution is 2.23. The van der Waals surface area contributed by atoms with Crippen molar-refractivity contribution in [1.29, 1.82) is 5.41 Å². The normalized spacial score (nSPS) is 11.6. The van der Waals surface area contributed by atoms with E-state index in [0.717, 1.165) is 36.9 Å². The van der Waals surface area contributed by atoms with Gasteiger partial charge in [0.15, 0.2) is 0 Å². The molecule has 1 heterocycles. The van der Waals surface area contributed by atoms with Crippen LogP contribution in [0.25, 0.3) is 11.3 Å².